The molecule has 0 saturated heterocycles. The lowest BCUT2D eigenvalue weighted by molar-refractivity contribution is 0.472. The molecule has 0 aliphatic rings. The minimum atomic E-state index is -0.305. The molecule has 0 aliphatic carbocycles. The van der Waals surface area contributed by atoms with Gasteiger partial charge < -0.3 is 5.11 Å². The highest BCUT2D eigenvalue weighted by molar-refractivity contribution is 9.10. The van der Waals surface area contributed by atoms with E-state index in [0.717, 1.165) is 0 Å². The molecule has 80 valence electrons. The van der Waals surface area contributed by atoms with Gasteiger partial charge in [0.15, 0.2) is 0 Å². The summed E-state index contributed by atoms with van der Waals surface area (Å²) < 4.78 is 0.383. The average molecular weight is 300 g/mol. The van der Waals surface area contributed by atoms with E-state index in [-0.39, 0.29) is 16.5 Å². The van der Waals surface area contributed by atoms with Crippen LogP contribution in [0.4, 0.5) is 5.69 Å². The number of phenolic OH excluding ortho intramolecular Hbond substituents is 1. The van der Waals surface area contributed by atoms with Gasteiger partial charge in [0, 0.05) is 0 Å². The van der Waals surface area contributed by atoms with Crippen molar-refractivity contribution < 1.29 is 5.11 Å². The molecule has 0 heterocycles. The van der Waals surface area contributed by atoms with E-state index in [0.29, 0.717) is 10.2 Å². The molecule has 1 rings (SSSR count). The number of anilines is 1. The Labute approximate surface area is 105 Å². The number of rotatable bonds is 2. The average Bonchev–Trinajstić information content (AvgIpc) is 2.27. The number of nitriles is 2. The minimum absolute atomic E-state index is 0.0861. The maximum absolute atomic E-state index is 9.35. The predicted octanol–water partition coefficient (Wildman–Crippen LogP) is 2.62. The second kappa shape index (κ2) is 5.36. The normalized spacial score (nSPS) is 8.75. The van der Waals surface area contributed by atoms with Crippen molar-refractivity contribution in [1.29, 1.82) is 10.5 Å². The zero-order valence-electron chi connectivity index (χ0n) is 7.70. The van der Waals surface area contributed by atoms with E-state index in [1.165, 1.54) is 12.1 Å². The molecule has 0 amide bonds. The second-order valence-electron chi connectivity index (χ2n) is 2.58. The summed E-state index contributed by atoms with van der Waals surface area (Å²) >= 11 is 8.79. The van der Waals surface area contributed by atoms with E-state index in [1.54, 1.807) is 12.1 Å². The fraction of sp³-hybridized carbons (Fsp3) is 0. The van der Waals surface area contributed by atoms with Gasteiger partial charge in [-0.3, -0.25) is 5.43 Å². The molecule has 5 nitrogen and oxygen atoms in total. The summed E-state index contributed by atoms with van der Waals surface area (Å²) in [6, 6.07) is 6.11. The monoisotopic (exact) mass is 298 g/mol. The Kier molecular flexibility index (Phi) is 4.12. The van der Waals surface area contributed by atoms with E-state index in [9.17, 15) is 5.11 Å². The summed E-state index contributed by atoms with van der Waals surface area (Å²) in [5, 5.41) is 29.9. The standard InChI is InChI=1S/C9H4BrClN4O/c10-7-1-5(2-8(11)9(7)16)14-15-6(3-12)4-13/h1-2,14,16H. The molecule has 0 fully saturated rings. The number of phenols is 1. The van der Waals surface area contributed by atoms with Gasteiger partial charge in [0.1, 0.15) is 17.9 Å². The molecule has 16 heavy (non-hydrogen) atoms. The van der Waals surface area contributed by atoms with Gasteiger partial charge in [0.25, 0.3) is 0 Å². The topological polar surface area (TPSA) is 92.2 Å². The number of hydrogen-bond acceptors (Lipinski definition) is 5. The van der Waals surface area contributed by atoms with Crippen molar-refractivity contribution in [1.82, 2.24) is 0 Å². The highest BCUT2D eigenvalue weighted by atomic mass is 79.9. The van der Waals surface area contributed by atoms with Gasteiger partial charge >= 0.3 is 0 Å². The van der Waals surface area contributed by atoms with Gasteiger partial charge in [-0.05, 0) is 28.1 Å². The maximum atomic E-state index is 9.35. The third-order valence-electron chi connectivity index (χ3n) is 1.53. The first-order chi connectivity index (χ1) is 7.58. The van der Waals surface area contributed by atoms with Crippen LogP contribution < -0.4 is 5.43 Å². The van der Waals surface area contributed by atoms with Crippen LogP contribution in [0.25, 0.3) is 0 Å². The minimum Gasteiger partial charge on any atom is -0.505 e. The summed E-state index contributed by atoms with van der Waals surface area (Å²) in [7, 11) is 0. The molecule has 2 N–H and O–H groups in total. The van der Waals surface area contributed by atoms with Crippen LogP contribution >= 0.6 is 27.5 Å². The lowest BCUT2D eigenvalue weighted by Gasteiger charge is -2.04. The number of nitrogens with one attached hydrogen (secondary N) is 1. The van der Waals surface area contributed by atoms with Gasteiger partial charge in [0.2, 0.25) is 5.71 Å². The second-order valence-corrected chi connectivity index (χ2v) is 3.85. The molecule has 0 bridgehead atoms. The Morgan fingerprint density at radius 2 is 2.06 bits per heavy atom. The fourth-order valence-corrected chi connectivity index (χ4v) is 1.62. The molecular weight excluding hydrogens is 295 g/mol. The maximum Gasteiger partial charge on any atom is 0.237 e. The van der Waals surface area contributed by atoms with Crippen LogP contribution in [0.15, 0.2) is 21.7 Å². The Bertz CT molecular complexity index is 490. The molecule has 7 heteroatoms. The number of halogens is 2. The van der Waals surface area contributed by atoms with Crippen molar-refractivity contribution in [3.05, 3.63) is 21.6 Å². The van der Waals surface area contributed by atoms with Crippen LogP contribution in [-0.4, -0.2) is 10.8 Å². The number of hydrogen-bond donors (Lipinski definition) is 2. The molecule has 0 aromatic heterocycles. The van der Waals surface area contributed by atoms with Crippen LogP contribution in [0.1, 0.15) is 0 Å². The Morgan fingerprint density at radius 1 is 1.44 bits per heavy atom. The quantitative estimate of drug-likeness (QED) is 0.499. The third-order valence-corrected chi connectivity index (χ3v) is 2.42. The number of benzene rings is 1. The summed E-state index contributed by atoms with van der Waals surface area (Å²) in [6.07, 6.45) is 0. The zero-order chi connectivity index (χ0) is 12.1. The fourth-order valence-electron chi connectivity index (χ4n) is 0.826. The van der Waals surface area contributed by atoms with Crippen molar-refractivity contribution in [2.45, 2.75) is 0 Å². The summed E-state index contributed by atoms with van der Waals surface area (Å²) in [4.78, 5) is 0. The van der Waals surface area contributed by atoms with E-state index >= 15 is 0 Å². The molecular formula is C9H4BrClN4O. The molecule has 0 aliphatic heterocycles. The van der Waals surface area contributed by atoms with Gasteiger partial charge in [-0.15, -0.1) is 0 Å². The molecule has 0 radical (unpaired) electrons. The number of hydrazone groups is 1. The van der Waals surface area contributed by atoms with E-state index < -0.39 is 0 Å². The van der Waals surface area contributed by atoms with Crippen LogP contribution in [0, 0.1) is 22.7 Å². The molecule has 0 spiro atoms. The predicted molar refractivity (Wildman–Crippen MR) is 63.1 cm³/mol. The lowest BCUT2D eigenvalue weighted by atomic mass is 10.3. The first-order valence-corrected chi connectivity index (χ1v) is 5.07. The van der Waals surface area contributed by atoms with Gasteiger partial charge in [-0.1, -0.05) is 11.6 Å². The lowest BCUT2D eigenvalue weighted by Crippen LogP contribution is -1.96. The highest BCUT2D eigenvalue weighted by Gasteiger charge is 2.05. The van der Waals surface area contributed by atoms with Crippen molar-refractivity contribution >= 4 is 38.9 Å². The Morgan fingerprint density at radius 3 is 2.56 bits per heavy atom. The molecule has 0 saturated carbocycles. The summed E-state index contributed by atoms with van der Waals surface area (Å²) in [6.45, 7) is 0. The van der Waals surface area contributed by atoms with Crippen LogP contribution in [0.5, 0.6) is 5.75 Å². The van der Waals surface area contributed by atoms with Gasteiger partial charge in [0.05, 0.1) is 15.2 Å². The van der Waals surface area contributed by atoms with E-state index in [2.05, 4.69) is 26.5 Å². The third kappa shape index (κ3) is 2.86. The van der Waals surface area contributed by atoms with Crippen molar-refractivity contribution in [3.63, 3.8) is 0 Å². The Hall–Kier alpha value is -1.76. The van der Waals surface area contributed by atoms with E-state index in [1.807, 2.05) is 0 Å². The summed E-state index contributed by atoms with van der Waals surface area (Å²) in [5.74, 6) is -0.0861. The largest absolute Gasteiger partial charge is 0.505 e. The first-order valence-electron chi connectivity index (χ1n) is 3.90. The van der Waals surface area contributed by atoms with Gasteiger partial charge in [-0.2, -0.15) is 15.6 Å². The first kappa shape index (κ1) is 12.3. The zero-order valence-corrected chi connectivity index (χ0v) is 10.0. The van der Waals surface area contributed by atoms with E-state index in [4.69, 9.17) is 22.1 Å². The SMILES string of the molecule is N#CC(C#N)=NNc1cc(Cl)c(O)c(Br)c1. The Balaban J connectivity index is 2.98. The number of nitrogens with zero attached hydrogens (tertiary/aromatic N) is 3. The van der Waals surface area contributed by atoms with Crippen molar-refractivity contribution in [2.75, 3.05) is 5.43 Å². The molecule has 1 aromatic rings. The van der Waals surface area contributed by atoms with Gasteiger partial charge in [-0.25, -0.2) is 0 Å². The smallest absolute Gasteiger partial charge is 0.237 e. The van der Waals surface area contributed by atoms with Crippen molar-refractivity contribution in [2.24, 2.45) is 5.10 Å². The number of aromatic hydroxyl groups is 1. The van der Waals surface area contributed by atoms with Crippen molar-refractivity contribution in [3.8, 4) is 17.9 Å². The van der Waals surface area contributed by atoms with Crippen LogP contribution in [0.3, 0.4) is 0 Å². The van der Waals surface area contributed by atoms with Crippen LogP contribution in [0.2, 0.25) is 5.02 Å². The highest BCUT2D eigenvalue weighted by Crippen LogP contribution is 2.34. The molecule has 1 aromatic carbocycles. The van der Waals surface area contributed by atoms with Crippen LogP contribution in [-0.2, 0) is 0 Å². The molecule has 0 unspecified atom stereocenters. The summed E-state index contributed by atoms with van der Waals surface area (Å²) in [5.41, 5.74) is 2.61. The molecule has 0 atom stereocenters.